The van der Waals surface area contributed by atoms with Crippen LogP contribution in [0.3, 0.4) is 0 Å². The van der Waals surface area contributed by atoms with Crippen molar-refractivity contribution < 1.29 is 34.5 Å². The van der Waals surface area contributed by atoms with Crippen LogP contribution in [0.5, 0.6) is 0 Å². The van der Waals surface area contributed by atoms with E-state index in [4.69, 9.17) is 14.7 Å². The Morgan fingerprint density at radius 2 is 1.52 bits per heavy atom. The van der Waals surface area contributed by atoms with Gasteiger partial charge in [0.15, 0.2) is 6.29 Å². The van der Waals surface area contributed by atoms with Crippen molar-refractivity contribution in [2.45, 2.75) is 76.4 Å². The van der Waals surface area contributed by atoms with Crippen molar-refractivity contribution in [2.75, 3.05) is 13.6 Å². The third kappa shape index (κ3) is 9.85. The molecule has 5 atom stereocenters. The van der Waals surface area contributed by atoms with E-state index in [2.05, 4.69) is 10.2 Å². The van der Waals surface area contributed by atoms with E-state index in [9.17, 15) is 19.8 Å². The highest BCUT2D eigenvalue weighted by Crippen LogP contribution is 2.39. The summed E-state index contributed by atoms with van der Waals surface area (Å²) in [5.41, 5.74) is 8.07. The SMILES string of the molecule is C[C@@H]([C@H](O)c1ccccc1)N(C)C[C@@H]1C[C@H](c2ccc(CO)cc2)O[C@H](c2ccc(-c3ccccc3CNC(=O)CCCC(=O)NO)cc2)O1. The third-order valence-corrected chi connectivity index (χ3v) is 9.32. The summed E-state index contributed by atoms with van der Waals surface area (Å²) < 4.78 is 13.2. The Kier molecular flexibility index (Phi) is 13.3. The van der Waals surface area contributed by atoms with Crippen LogP contribution in [0.25, 0.3) is 11.1 Å². The summed E-state index contributed by atoms with van der Waals surface area (Å²) in [7, 11) is 2.00. The van der Waals surface area contributed by atoms with Gasteiger partial charge in [-0.3, -0.25) is 19.7 Å². The first-order valence-corrected chi connectivity index (χ1v) is 17.1. The Labute approximate surface area is 293 Å². The summed E-state index contributed by atoms with van der Waals surface area (Å²) >= 11 is 0. The van der Waals surface area contributed by atoms with Crippen LogP contribution >= 0.6 is 0 Å². The number of nitrogens with zero attached hydrogens (tertiary/aromatic N) is 1. The lowest BCUT2D eigenvalue weighted by atomic mass is 9.97. The Morgan fingerprint density at radius 3 is 2.22 bits per heavy atom. The highest BCUT2D eigenvalue weighted by molar-refractivity contribution is 5.78. The maximum Gasteiger partial charge on any atom is 0.243 e. The number of hydrogen-bond acceptors (Lipinski definition) is 8. The zero-order valence-electron chi connectivity index (χ0n) is 28.6. The second-order valence-corrected chi connectivity index (χ2v) is 12.8. The molecule has 0 saturated carbocycles. The molecule has 0 spiro atoms. The molecule has 0 aliphatic carbocycles. The van der Waals surface area contributed by atoms with Crippen molar-refractivity contribution in [1.82, 2.24) is 15.7 Å². The van der Waals surface area contributed by atoms with Crippen LogP contribution < -0.4 is 10.8 Å². The van der Waals surface area contributed by atoms with Crippen LogP contribution in [0.1, 0.15) is 78.9 Å². The fourth-order valence-corrected chi connectivity index (χ4v) is 6.21. The van der Waals surface area contributed by atoms with Gasteiger partial charge in [-0.1, -0.05) is 103 Å². The predicted octanol–water partition coefficient (Wildman–Crippen LogP) is 5.74. The van der Waals surface area contributed by atoms with Gasteiger partial charge in [0.25, 0.3) is 0 Å². The van der Waals surface area contributed by atoms with Crippen molar-refractivity contribution in [2.24, 2.45) is 0 Å². The van der Waals surface area contributed by atoms with Gasteiger partial charge in [-0.05, 0) is 53.8 Å². The number of aliphatic hydroxyl groups excluding tert-OH is 2. The van der Waals surface area contributed by atoms with Crippen LogP contribution in [0.4, 0.5) is 0 Å². The van der Waals surface area contributed by atoms with Gasteiger partial charge in [-0.2, -0.15) is 0 Å². The van der Waals surface area contributed by atoms with Crippen LogP contribution in [-0.2, 0) is 32.2 Å². The van der Waals surface area contributed by atoms with E-state index in [-0.39, 0.29) is 43.6 Å². The van der Waals surface area contributed by atoms with E-state index in [1.807, 2.05) is 117 Å². The normalized spacial score (nSPS) is 18.7. The molecule has 0 bridgehead atoms. The smallest absolute Gasteiger partial charge is 0.243 e. The number of carbonyl (C=O) groups excluding carboxylic acids is 2. The van der Waals surface area contributed by atoms with Crippen molar-refractivity contribution in [3.63, 3.8) is 0 Å². The number of benzene rings is 4. The lowest BCUT2D eigenvalue weighted by Gasteiger charge is -2.39. The highest BCUT2D eigenvalue weighted by atomic mass is 16.7. The number of likely N-dealkylation sites (N-methyl/N-ethyl adjacent to an activating group) is 1. The van der Waals surface area contributed by atoms with Gasteiger partial charge in [0, 0.05) is 44.0 Å². The van der Waals surface area contributed by atoms with E-state index < -0.39 is 18.3 Å². The van der Waals surface area contributed by atoms with Crippen LogP contribution in [0.15, 0.2) is 103 Å². The number of carbonyl (C=O) groups is 2. The Hall–Kier alpha value is -4.42. The summed E-state index contributed by atoms with van der Waals surface area (Å²) in [6.45, 7) is 2.91. The number of rotatable bonds is 15. The number of nitrogens with one attached hydrogen (secondary N) is 2. The second-order valence-electron chi connectivity index (χ2n) is 12.8. The fourth-order valence-electron chi connectivity index (χ4n) is 6.21. The number of amides is 2. The highest BCUT2D eigenvalue weighted by Gasteiger charge is 2.34. The molecule has 0 radical (unpaired) electrons. The molecule has 0 unspecified atom stereocenters. The molecule has 1 heterocycles. The quantitative estimate of drug-likeness (QED) is 0.0791. The van der Waals surface area contributed by atoms with E-state index in [1.165, 1.54) is 0 Å². The minimum atomic E-state index is -0.650. The summed E-state index contributed by atoms with van der Waals surface area (Å²) in [4.78, 5) is 25.7. The van der Waals surface area contributed by atoms with Gasteiger partial charge in [0.1, 0.15) is 0 Å². The molecule has 10 heteroatoms. The van der Waals surface area contributed by atoms with Gasteiger partial charge in [0.05, 0.1) is 24.9 Å². The van der Waals surface area contributed by atoms with E-state index in [0.29, 0.717) is 25.9 Å². The average molecular weight is 682 g/mol. The molecule has 1 aliphatic heterocycles. The average Bonchev–Trinajstić information content (AvgIpc) is 3.16. The van der Waals surface area contributed by atoms with E-state index >= 15 is 0 Å². The minimum Gasteiger partial charge on any atom is -0.392 e. The topological polar surface area (TPSA) is 141 Å². The lowest BCUT2D eigenvalue weighted by Crippen LogP contribution is -2.43. The predicted molar refractivity (Wildman–Crippen MR) is 189 cm³/mol. The molecule has 0 aromatic heterocycles. The molecule has 5 N–H and O–H groups in total. The molecule has 4 aromatic rings. The standard InChI is InChI=1S/C40H47N3O7/c1-27(39(47)31-9-4-3-5-10-31)43(2)25-34-23-36(30-17-15-28(26-44)16-18-30)50-40(49-34)32-21-19-29(20-22-32)35-12-7-6-11-33(35)24-41-37(45)13-8-14-38(46)42-48/h3-7,9-12,15-22,27,34,36,39-40,44,47-48H,8,13-14,23-26H2,1-2H3,(H,41,45)(H,42,46)/t27-,34-,36+,39-,40+/m0/s1. The molecule has 5 rings (SSSR count). The van der Waals surface area contributed by atoms with E-state index in [1.54, 1.807) is 5.48 Å². The molecular formula is C40H47N3O7. The molecule has 4 aromatic carbocycles. The lowest BCUT2D eigenvalue weighted by molar-refractivity contribution is -0.253. The zero-order valence-corrected chi connectivity index (χ0v) is 28.6. The first kappa shape index (κ1) is 36.9. The maximum absolute atomic E-state index is 12.4. The van der Waals surface area contributed by atoms with Crippen LogP contribution in [0.2, 0.25) is 0 Å². The summed E-state index contributed by atoms with van der Waals surface area (Å²) in [5.74, 6) is -0.684. The molecular weight excluding hydrogens is 634 g/mol. The van der Waals surface area contributed by atoms with E-state index in [0.717, 1.165) is 38.9 Å². The molecule has 1 fully saturated rings. The summed E-state index contributed by atoms with van der Waals surface area (Å²) in [6.07, 6.45) is -0.483. The monoisotopic (exact) mass is 681 g/mol. The number of ether oxygens (including phenoxy) is 2. The Morgan fingerprint density at radius 1 is 0.860 bits per heavy atom. The fraction of sp³-hybridized carbons (Fsp3) is 0.350. The second kappa shape index (κ2) is 18.0. The number of hydrogen-bond donors (Lipinski definition) is 5. The van der Waals surface area contributed by atoms with Crippen molar-refractivity contribution in [3.05, 3.63) is 131 Å². The van der Waals surface area contributed by atoms with Gasteiger partial charge in [-0.25, -0.2) is 5.48 Å². The summed E-state index contributed by atoms with van der Waals surface area (Å²) in [6, 6.07) is 33.2. The largest absolute Gasteiger partial charge is 0.392 e. The van der Waals surface area contributed by atoms with Crippen molar-refractivity contribution in [3.8, 4) is 11.1 Å². The van der Waals surface area contributed by atoms with Crippen LogP contribution in [-0.4, -0.2) is 57.9 Å². The number of hydroxylamine groups is 1. The van der Waals surface area contributed by atoms with Gasteiger partial charge >= 0.3 is 0 Å². The zero-order chi connectivity index (χ0) is 35.5. The van der Waals surface area contributed by atoms with Crippen molar-refractivity contribution >= 4 is 11.8 Å². The minimum absolute atomic E-state index is 0.0278. The summed E-state index contributed by atoms with van der Waals surface area (Å²) in [5, 5.41) is 32.2. The molecule has 10 nitrogen and oxygen atoms in total. The molecule has 1 aliphatic rings. The van der Waals surface area contributed by atoms with Crippen LogP contribution in [0, 0.1) is 0 Å². The number of aliphatic hydroxyl groups is 2. The Bertz CT molecular complexity index is 1670. The third-order valence-electron chi connectivity index (χ3n) is 9.32. The Balaban J connectivity index is 1.29. The van der Waals surface area contributed by atoms with Gasteiger partial charge in [0.2, 0.25) is 11.8 Å². The molecule has 264 valence electrons. The molecule has 1 saturated heterocycles. The van der Waals surface area contributed by atoms with Crippen molar-refractivity contribution in [1.29, 1.82) is 0 Å². The van der Waals surface area contributed by atoms with Gasteiger partial charge < -0.3 is 25.0 Å². The maximum atomic E-state index is 12.4. The first-order valence-electron chi connectivity index (χ1n) is 17.1. The van der Waals surface area contributed by atoms with Gasteiger partial charge in [-0.15, -0.1) is 0 Å². The molecule has 50 heavy (non-hydrogen) atoms. The first-order chi connectivity index (χ1) is 24.2. The molecule has 2 amide bonds.